The van der Waals surface area contributed by atoms with E-state index in [-0.39, 0.29) is 37.0 Å². The van der Waals surface area contributed by atoms with E-state index in [1.54, 1.807) is 33.7 Å². The summed E-state index contributed by atoms with van der Waals surface area (Å²) in [5, 5.41) is 9.08. The fourth-order valence-electron chi connectivity index (χ4n) is 6.23. The molecule has 0 saturated carbocycles. The van der Waals surface area contributed by atoms with E-state index in [0.717, 1.165) is 38.5 Å². The Kier molecular flexibility index (Phi) is 9.13. The van der Waals surface area contributed by atoms with Crippen molar-refractivity contribution in [2.45, 2.75) is 87.3 Å². The number of carbonyl (C=O) groups excluding carboxylic acids is 3. The van der Waals surface area contributed by atoms with Crippen LogP contribution in [0.15, 0.2) is 25.3 Å². The van der Waals surface area contributed by atoms with Gasteiger partial charge in [0.25, 0.3) is 0 Å². The van der Waals surface area contributed by atoms with Crippen molar-refractivity contribution in [3.05, 3.63) is 25.3 Å². The van der Waals surface area contributed by atoms with Gasteiger partial charge in [0.1, 0.15) is 6.04 Å². The third kappa shape index (κ3) is 5.06. The van der Waals surface area contributed by atoms with E-state index in [4.69, 9.17) is 9.84 Å². The monoisotopic (exact) mass is 506 g/mol. The number of esters is 1. The van der Waals surface area contributed by atoms with Crippen LogP contribution in [0.5, 0.6) is 0 Å². The number of ether oxygens (including phenoxy) is 1. The summed E-state index contributed by atoms with van der Waals surface area (Å²) in [4.78, 5) is 45.0. The Bertz CT molecular complexity index is 832. The standard InChI is InChI=1S/C27H42N2O5S/c1-6-8-18-34-25(33)21-20-23(31)29(16-11-9-10-12-17-30)22(24(32)28(15-7-2)19(3)4)27(20)14-13-26(21,5)35-27/h6-7,19-22,30H,1-2,8-18H2,3-5H3/t20-,21-,22?,26+,27?/m0/s1. The molecule has 35 heavy (non-hydrogen) atoms. The minimum atomic E-state index is -0.621. The number of carbonyl (C=O) groups is 3. The number of thioether (sulfide) groups is 1. The third-order valence-electron chi connectivity index (χ3n) is 7.87. The number of likely N-dealkylation sites (tertiary alicyclic amines) is 1. The van der Waals surface area contributed by atoms with Gasteiger partial charge < -0.3 is 19.6 Å². The van der Waals surface area contributed by atoms with Gasteiger partial charge >= 0.3 is 5.97 Å². The maximum Gasteiger partial charge on any atom is 0.311 e. The van der Waals surface area contributed by atoms with Gasteiger partial charge in [0.2, 0.25) is 11.8 Å². The maximum absolute atomic E-state index is 14.1. The van der Waals surface area contributed by atoms with Gasteiger partial charge in [-0.25, -0.2) is 0 Å². The Morgan fingerprint density at radius 3 is 2.57 bits per heavy atom. The molecule has 1 spiro atoms. The van der Waals surface area contributed by atoms with Crippen molar-refractivity contribution in [3.63, 3.8) is 0 Å². The van der Waals surface area contributed by atoms with Crippen LogP contribution >= 0.6 is 11.8 Å². The Balaban J connectivity index is 1.95. The van der Waals surface area contributed by atoms with E-state index in [9.17, 15) is 14.4 Å². The van der Waals surface area contributed by atoms with Gasteiger partial charge in [-0.3, -0.25) is 14.4 Å². The van der Waals surface area contributed by atoms with E-state index in [0.29, 0.717) is 19.5 Å². The molecule has 3 aliphatic heterocycles. The van der Waals surface area contributed by atoms with Gasteiger partial charge in [-0.15, -0.1) is 24.9 Å². The fraction of sp³-hybridized carbons (Fsp3) is 0.741. The Hall–Kier alpha value is -1.80. The lowest BCUT2D eigenvalue weighted by molar-refractivity contribution is -0.155. The van der Waals surface area contributed by atoms with Crippen molar-refractivity contribution in [2.24, 2.45) is 11.8 Å². The van der Waals surface area contributed by atoms with E-state index in [1.165, 1.54) is 0 Å². The van der Waals surface area contributed by atoms with Crippen LogP contribution in [0.25, 0.3) is 0 Å². The molecule has 0 aliphatic carbocycles. The first-order valence-corrected chi connectivity index (χ1v) is 13.8. The van der Waals surface area contributed by atoms with Crippen molar-refractivity contribution in [3.8, 4) is 0 Å². The average Bonchev–Trinajstić information content (AvgIpc) is 3.37. The predicted octanol–water partition coefficient (Wildman–Crippen LogP) is 3.56. The van der Waals surface area contributed by atoms with Gasteiger partial charge in [-0.2, -0.15) is 0 Å². The molecule has 0 aromatic rings. The van der Waals surface area contributed by atoms with E-state index in [2.05, 4.69) is 20.1 Å². The largest absolute Gasteiger partial charge is 0.465 e. The SMILES string of the molecule is C=CCCOC(=O)[C@@H]1[C@H]2C(=O)N(CCCCCCO)C(C(=O)N(CC=C)C(C)C)C23CC[C@@]1(C)S3. The van der Waals surface area contributed by atoms with Crippen LogP contribution in [0.1, 0.15) is 65.7 Å². The van der Waals surface area contributed by atoms with Crippen LogP contribution in [-0.4, -0.2) is 80.6 Å². The van der Waals surface area contributed by atoms with Gasteiger partial charge in [0.15, 0.2) is 0 Å². The van der Waals surface area contributed by atoms with Crippen molar-refractivity contribution in [2.75, 3.05) is 26.3 Å². The molecule has 0 aromatic heterocycles. The lowest BCUT2D eigenvalue weighted by Gasteiger charge is -2.38. The molecule has 0 radical (unpaired) electrons. The number of amides is 2. The molecule has 196 valence electrons. The molecule has 0 aromatic carbocycles. The fourth-order valence-corrected chi connectivity index (χ4v) is 8.57. The van der Waals surface area contributed by atoms with Crippen LogP contribution in [0.4, 0.5) is 0 Å². The molecule has 2 amide bonds. The second-order valence-corrected chi connectivity index (χ2v) is 12.4. The predicted molar refractivity (Wildman–Crippen MR) is 139 cm³/mol. The summed E-state index contributed by atoms with van der Waals surface area (Å²) in [7, 11) is 0. The first-order valence-electron chi connectivity index (χ1n) is 13.0. The van der Waals surface area contributed by atoms with Crippen molar-refractivity contribution >= 4 is 29.5 Å². The summed E-state index contributed by atoms with van der Waals surface area (Å²) in [5.74, 6) is -1.57. The van der Waals surface area contributed by atoms with Crippen LogP contribution in [-0.2, 0) is 19.1 Å². The van der Waals surface area contributed by atoms with Crippen molar-refractivity contribution in [1.82, 2.24) is 9.80 Å². The molecule has 7 nitrogen and oxygen atoms in total. The first-order chi connectivity index (χ1) is 16.7. The molecular formula is C27H42N2O5S. The average molecular weight is 507 g/mol. The zero-order valence-corrected chi connectivity index (χ0v) is 22.4. The number of unbranched alkanes of at least 4 members (excludes halogenated alkanes) is 3. The Morgan fingerprint density at radius 2 is 1.94 bits per heavy atom. The summed E-state index contributed by atoms with van der Waals surface area (Å²) in [6, 6.07) is -0.630. The highest BCUT2D eigenvalue weighted by Gasteiger charge is 2.77. The van der Waals surface area contributed by atoms with Crippen LogP contribution < -0.4 is 0 Å². The number of nitrogens with zero attached hydrogens (tertiary/aromatic N) is 2. The maximum atomic E-state index is 14.1. The normalized spacial score (nSPS) is 31.1. The molecule has 8 heteroatoms. The molecule has 3 aliphatic rings. The summed E-state index contributed by atoms with van der Waals surface area (Å²) in [6.45, 7) is 14.8. The highest BCUT2D eigenvalue weighted by atomic mass is 32.2. The minimum Gasteiger partial charge on any atom is -0.465 e. The van der Waals surface area contributed by atoms with Gasteiger partial charge in [0.05, 0.1) is 23.2 Å². The number of rotatable bonds is 14. The summed E-state index contributed by atoms with van der Waals surface area (Å²) in [6.07, 6.45) is 8.76. The summed E-state index contributed by atoms with van der Waals surface area (Å²) < 4.78 is 4.55. The first kappa shape index (κ1) is 27.8. The smallest absolute Gasteiger partial charge is 0.311 e. The molecule has 2 unspecified atom stereocenters. The van der Waals surface area contributed by atoms with Crippen LogP contribution in [0.2, 0.25) is 0 Å². The lowest BCUT2D eigenvalue weighted by Crippen LogP contribution is -2.56. The Morgan fingerprint density at radius 1 is 1.23 bits per heavy atom. The lowest BCUT2D eigenvalue weighted by atomic mass is 9.66. The van der Waals surface area contributed by atoms with Gasteiger partial charge in [0, 0.05) is 30.5 Å². The van der Waals surface area contributed by atoms with E-state index < -0.39 is 27.4 Å². The number of fused-ring (bicyclic) bond motifs is 1. The van der Waals surface area contributed by atoms with E-state index >= 15 is 0 Å². The Labute approximate surface area is 214 Å². The number of aliphatic hydroxyl groups is 1. The van der Waals surface area contributed by atoms with Crippen molar-refractivity contribution in [1.29, 1.82) is 0 Å². The molecule has 3 heterocycles. The highest BCUT2D eigenvalue weighted by molar-refractivity contribution is 8.02. The second-order valence-electron chi connectivity index (χ2n) is 10.5. The molecule has 3 rings (SSSR count). The third-order valence-corrected chi connectivity index (χ3v) is 9.86. The zero-order chi connectivity index (χ0) is 25.8. The molecule has 1 N–H and O–H groups in total. The van der Waals surface area contributed by atoms with Crippen LogP contribution in [0, 0.1) is 11.8 Å². The molecule has 5 atom stereocenters. The quantitative estimate of drug-likeness (QED) is 0.220. The summed E-state index contributed by atoms with van der Waals surface area (Å²) >= 11 is 1.68. The number of hydrogen-bond acceptors (Lipinski definition) is 6. The van der Waals surface area contributed by atoms with Gasteiger partial charge in [-0.05, 0) is 52.9 Å². The second kappa shape index (κ2) is 11.5. The van der Waals surface area contributed by atoms with Crippen molar-refractivity contribution < 1.29 is 24.2 Å². The molecule has 3 saturated heterocycles. The summed E-state index contributed by atoms with van der Waals surface area (Å²) in [5.41, 5.74) is 0. The van der Waals surface area contributed by atoms with Crippen LogP contribution in [0.3, 0.4) is 0 Å². The molecule has 3 fully saturated rings. The van der Waals surface area contributed by atoms with Gasteiger partial charge in [-0.1, -0.05) is 25.0 Å². The number of aliphatic hydroxyl groups excluding tert-OH is 1. The zero-order valence-electron chi connectivity index (χ0n) is 21.5. The molecular weight excluding hydrogens is 464 g/mol. The number of hydrogen-bond donors (Lipinski definition) is 1. The topological polar surface area (TPSA) is 87.1 Å². The van der Waals surface area contributed by atoms with E-state index in [1.807, 2.05) is 13.8 Å². The minimum absolute atomic E-state index is 0.0312. The molecule has 2 bridgehead atoms. The highest BCUT2D eigenvalue weighted by Crippen LogP contribution is 2.71.